The summed E-state index contributed by atoms with van der Waals surface area (Å²) in [6.07, 6.45) is 2.92. The van der Waals surface area contributed by atoms with E-state index >= 15 is 0 Å². The topological polar surface area (TPSA) is 12.9 Å². The van der Waals surface area contributed by atoms with Crippen molar-refractivity contribution in [3.8, 4) is 0 Å². The molecule has 1 heteroatoms. The third-order valence-corrected chi connectivity index (χ3v) is 2.82. The van der Waals surface area contributed by atoms with Crippen LogP contribution in [0.15, 0.2) is 48.7 Å². The van der Waals surface area contributed by atoms with Gasteiger partial charge in [-0.2, -0.15) is 0 Å². The lowest BCUT2D eigenvalue weighted by Gasteiger charge is -2.11. The first-order chi connectivity index (χ1) is 7.75. The summed E-state index contributed by atoms with van der Waals surface area (Å²) in [5.41, 5.74) is 3.88. The molecule has 1 heterocycles. The Kier molecular flexibility index (Phi) is 3.35. The van der Waals surface area contributed by atoms with Crippen molar-refractivity contribution >= 4 is 0 Å². The highest BCUT2D eigenvalue weighted by Crippen LogP contribution is 2.18. The lowest BCUT2D eigenvalue weighted by molar-refractivity contribution is 0.730. The maximum absolute atomic E-state index is 4.40. The van der Waals surface area contributed by atoms with Gasteiger partial charge < -0.3 is 0 Å². The Balaban J connectivity index is 2.11. The summed E-state index contributed by atoms with van der Waals surface area (Å²) in [5.74, 6) is 0.475. The van der Waals surface area contributed by atoms with Gasteiger partial charge >= 0.3 is 0 Å². The van der Waals surface area contributed by atoms with E-state index in [4.69, 9.17) is 0 Å². The van der Waals surface area contributed by atoms with Crippen LogP contribution in [-0.2, 0) is 6.42 Å². The van der Waals surface area contributed by atoms with E-state index in [2.05, 4.69) is 55.2 Å². The molecule has 2 aromatic rings. The first-order valence-corrected chi connectivity index (χ1v) is 5.72. The molecule has 0 aliphatic rings. The van der Waals surface area contributed by atoms with E-state index in [-0.39, 0.29) is 0 Å². The maximum atomic E-state index is 4.40. The van der Waals surface area contributed by atoms with Crippen LogP contribution in [0.5, 0.6) is 0 Å². The Labute approximate surface area is 97.2 Å². The third kappa shape index (κ3) is 2.69. The number of pyridine rings is 1. The van der Waals surface area contributed by atoms with Gasteiger partial charge in [-0.05, 0) is 31.0 Å². The van der Waals surface area contributed by atoms with Crippen LogP contribution < -0.4 is 0 Å². The summed E-state index contributed by atoms with van der Waals surface area (Å²) in [7, 11) is 0. The first-order valence-electron chi connectivity index (χ1n) is 5.72. The van der Waals surface area contributed by atoms with Crippen LogP contribution in [0, 0.1) is 6.92 Å². The van der Waals surface area contributed by atoms with Crippen LogP contribution >= 0.6 is 0 Å². The molecule has 0 saturated heterocycles. The van der Waals surface area contributed by atoms with Crippen molar-refractivity contribution in [3.05, 3.63) is 65.5 Å². The fourth-order valence-electron chi connectivity index (χ4n) is 1.96. The Hall–Kier alpha value is -1.63. The molecule has 82 valence electrons. The van der Waals surface area contributed by atoms with Crippen molar-refractivity contribution in [1.29, 1.82) is 0 Å². The SMILES string of the molecule is Cc1cccc(CC(C)c2ccccn2)c1. The van der Waals surface area contributed by atoms with E-state index in [0.717, 1.165) is 6.42 Å². The molecule has 1 aromatic carbocycles. The molecular weight excluding hydrogens is 194 g/mol. The van der Waals surface area contributed by atoms with E-state index in [1.165, 1.54) is 16.8 Å². The summed E-state index contributed by atoms with van der Waals surface area (Å²) < 4.78 is 0. The van der Waals surface area contributed by atoms with Crippen molar-refractivity contribution in [1.82, 2.24) is 4.98 Å². The van der Waals surface area contributed by atoms with Gasteiger partial charge in [0.05, 0.1) is 0 Å². The molecule has 16 heavy (non-hydrogen) atoms. The van der Waals surface area contributed by atoms with Gasteiger partial charge in [-0.15, -0.1) is 0 Å². The highest BCUT2D eigenvalue weighted by atomic mass is 14.7. The fraction of sp³-hybridized carbons (Fsp3) is 0.267. The smallest absolute Gasteiger partial charge is 0.0435 e. The molecule has 1 unspecified atom stereocenters. The highest BCUT2D eigenvalue weighted by Gasteiger charge is 2.07. The van der Waals surface area contributed by atoms with Crippen molar-refractivity contribution in [2.24, 2.45) is 0 Å². The Bertz CT molecular complexity index is 448. The predicted octanol–water partition coefficient (Wildman–Crippen LogP) is 3.74. The highest BCUT2D eigenvalue weighted by molar-refractivity contribution is 5.24. The molecule has 0 aliphatic heterocycles. The monoisotopic (exact) mass is 211 g/mol. The predicted molar refractivity (Wildman–Crippen MR) is 67.5 cm³/mol. The molecular formula is C15H17N. The molecule has 1 aromatic heterocycles. The summed E-state index contributed by atoms with van der Waals surface area (Å²) in [6, 6.07) is 14.8. The van der Waals surface area contributed by atoms with Crippen molar-refractivity contribution in [2.75, 3.05) is 0 Å². The van der Waals surface area contributed by atoms with Crippen LogP contribution in [0.2, 0.25) is 0 Å². The number of nitrogens with zero attached hydrogens (tertiary/aromatic N) is 1. The van der Waals surface area contributed by atoms with Crippen LogP contribution in [0.25, 0.3) is 0 Å². The number of aromatic nitrogens is 1. The molecule has 0 saturated carbocycles. The number of hydrogen-bond donors (Lipinski definition) is 0. The minimum atomic E-state index is 0.475. The standard InChI is InChI=1S/C15H17N/c1-12-6-5-7-14(10-12)11-13(2)15-8-3-4-9-16-15/h3-10,13H,11H2,1-2H3. The molecule has 0 amide bonds. The lowest BCUT2D eigenvalue weighted by atomic mass is 9.97. The molecule has 0 bridgehead atoms. The maximum Gasteiger partial charge on any atom is 0.0435 e. The second-order valence-electron chi connectivity index (χ2n) is 4.35. The van der Waals surface area contributed by atoms with Crippen LogP contribution in [0.3, 0.4) is 0 Å². The zero-order valence-electron chi connectivity index (χ0n) is 9.85. The average molecular weight is 211 g/mol. The summed E-state index contributed by atoms with van der Waals surface area (Å²) in [5, 5.41) is 0. The van der Waals surface area contributed by atoms with Gasteiger partial charge in [0, 0.05) is 17.8 Å². The molecule has 1 nitrogen and oxygen atoms in total. The summed E-state index contributed by atoms with van der Waals surface area (Å²) in [6.45, 7) is 4.36. The summed E-state index contributed by atoms with van der Waals surface area (Å²) >= 11 is 0. The van der Waals surface area contributed by atoms with Crippen LogP contribution in [-0.4, -0.2) is 4.98 Å². The number of benzene rings is 1. The Morgan fingerprint density at radius 3 is 2.69 bits per heavy atom. The van der Waals surface area contributed by atoms with Gasteiger partial charge in [0.15, 0.2) is 0 Å². The average Bonchev–Trinajstić information content (AvgIpc) is 2.30. The molecule has 0 N–H and O–H groups in total. The molecule has 0 radical (unpaired) electrons. The third-order valence-electron chi connectivity index (χ3n) is 2.82. The minimum absolute atomic E-state index is 0.475. The first kappa shape index (κ1) is 10.9. The van der Waals surface area contributed by atoms with Gasteiger partial charge in [-0.3, -0.25) is 4.98 Å². The normalized spacial score (nSPS) is 12.4. The van der Waals surface area contributed by atoms with Crippen LogP contribution in [0.1, 0.15) is 29.7 Å². The van der Waals surface area contributed by atoms with Gasteiger partial charge in [0.2, 0.25) is 0 Å². The Morgan fingerprint density at radius 2 is 2.00 bits per heavy atom. The van der Waals surface area contributed by atoms with Crippen molar-refractivity contribution in [2.45, 2.75) is 26.2 Å². The molecule has 2 rings (SSSR count). The van der Waals surface area contributed by atoms with E-state index in [1.807, 2.05) is 12.3 Å². The molecule has 0 fully saturated rings. The van der Waals surface area contributed by atoms with Gasteiger partial charge in [-0.25, -0.2) is 0 Å². The minimum Gasteiger partial charge on any atom is -0.261 e. The van der Waals surface area contributed by atoms with Gasteiger partial charge in [-0.1, -0.05) is 42.8 Å². The summed E-state index contributed by atoms with van der Waals surface area (Å²) in [4.78, 5) is 4.40. The largest absolute Gasteiger partial charge is 0.261 e. The van der Waals surface area contributed by atoms with Crippen molar-refractivity contribution in [3.63, 3.8) is 0 Å². The van der Waals surface area contributed by atoms with E-state index < -0.39 is 0 Å². The van der Waals surface area contributed by atoms with E-state index in [0.29, 0.717) is 5.92 Å². The number of rotatable bonds is 3. The molecule has 0 spiro atoms. The van der Waals surface area contributed by atoms with Gasteiger partial charge in [0.25, 0.3) is 0 Å². The second kappa shape index (κ2) is 4.93. The molecule has 0 aliphatic carbocycles. The zero-order valence-corrected chi connectivity index (χ0v) is 9.85. The van der Waals surface area contributed by atoms with Gasteiger partial charge in [0.1, 0.15) is 0 Å². The molecule has 1 atom stereocenters. The van der Waals surface area contributed by atoms with E-state index in [9.17, 15) is 0 Å². The second-order valence-corrected chi connectivity index (χ2v) is 4.35. The fourth-order valence-corrected chi connectivity index (χ4v) is 1.96. The van der Waals surface area contributed by atoms with Crippen molar-refractivity contribution < 1.29 is 0 Å². The zero-order chi connectivity index (χ0) is 11.4. The number of hydrogen-bond acceptors (Lipinski definition) is 1. The van der Waals surface area contributed by atoms with Crippen LogP contribution in [0.4, 0.5) is 0 Å². The quantitative estimate of drug-likeness (QED) is 0.753. The number of aryl methyl sites for hydroxylation is 1. The van der Waals surface area contributed by atoms with E-state index in [1.54, 1.807) is 0 Å². The lowest BCUT2D eigenvalue weighted by Crippen LogP contribution is -2.00. The Morgan fingerprint density at radius 1 is 1.12 bits per heavy atom.